The summed E-state index contributed by atoms with van der Waals surface area (Å²) < 4.78 is 0. The van der Waals surface area contributed by atoms with Gasteiger partial charge in [-0.25, -0.2) is 0 Å². The number of piperidine rings is 3. The van der Waals surface area contributed by atoms with Crippen molar-refractivity contribution < 1.29 is 4.79 Å². The minimum Gasteiger partial charge on any atom is -0.298 e. The van der Waals surface area contributed by atoms with Gasteiger partial charge in [-0.3, -0.25) is 9.69 Å². The van der Waals surface area contributed by atoms with Gasteiger partial charge < -0.3 is 0 Å². The second-order valence-electron chi connectivity index (χ2n) is 4.61. The monoisotopic (exact) mass is 237 g/mol. The molecule has 3 atom stereocenters. The Morgan fingerprint density at radius 3 is 2.50 bits per heavy atom. The summed E-state index contributed by atoms with van der Waals surface area (Å²) in [5, 5.41) is 0. The predicted octanol–water partition coefficient (Wildman–Crippen LogP) is 2.10. The van der Waals surface area contributed by atoms with E-state index in [1.807, 2.05) is 6.07 Å². The van der Waals surface area contributed by atoms with Crippen LogP contribution in [0.25, 0.3) is 0 Å². The lowest BCUT2D eigenvalue weighted by molar-refractivity contribution is -0.131. The van der Waals surface area contributed by atoms with Gasteiger partial charge in [-0.15, -0.1) is 12.4 Å². The van der Waals surface area contributed by atoms with E-state index in [1.165, 1.54) is 5.56 Å². The second kappa shape index (κ2) is 4.56. The number of Topliss-reactive ketones (excluding diaryl/α,β-unsaturated/α-hetero) is 1. The summed E-state index contributed by atoms with van der Waals surface area (Å²) in [4.78, 5) is 14.1. The van der Waals surface area contributed by atoms with Crippen molar-refractivity contribution in [2.75, 3.05) is 19.6 Å². The van der Waals surface area contributed by atoms with E-state index >= 15 is 0 Å². The quantitative estimate of drug-likeness (QED) is 0.746. The Balaban J connectivity index is 0.000000963. The number of benzene rings is 1. The molecule has 0 radical (unpaired) electrons. The maximum atomic E-state index is 11.8. The predicted molar refractivity (Wildman–Crippen MR) is 66.0 cm³/mol. The first-order valence-electron chi connectivity index (χ1n) is 5.64. The third-order valence-electron chi connectivity index (χ3n) is 3.72. The van der Waals surface area contributed by atoms with E-state index in [0.29, 0.717) is 18.2 Å². The SMILES string of the molecule is Cl.O=C1CN2CCC1C(c1ccccc1)C2. The van der Waals surface area contributed by atoms with E-state index in [9.17, 15) is 4.79 Å². The molecule has 0 spiro atoms. The van der Waals surface area contributed by atoms with Crippen LogP contribution < -0.4 is 0 Å². The first kappa shape index (κ1) is 11.6. The number of carbonyl (C=O) groups is 1. The van der Waals surface area contributed by atoms with E-state index in [-0.39, 0.29) is 18.3 Å². The minimum atomic E-state index is 0. The Labute approximate surface area is 102 Å². The Hall–Kier alpha value is -0.860. The fraction of sp³-hybridized carbons (Fsp3) is 0.462. The number of ketones is 1. The van der Waals surface area contributed by atoms with E-state index in [2.05, 4.69) is 29.2 Å². The number of carbonyl (C=O) groups excluding carboxylic acids is 1. The number of hydrogen-bond acceptors (Lipinski definition) is 2. The molecular formula is C13H16ClNO. The molecule has 1 aromatic rings. The maximum Gasteiger partial charge on any atom is 0.150 e. The van der Waals surface area contributed by atoms with Crippen molar-refractivity contribution >= 4 is 18.2 Å². The summed E-state index contributed by atoms with van der Waals surface area (Å²) in [5.74, 6) is 1.18. The van der Waals surface area contributed by atoms with E-state index in [1.54, 1.807) is 0 Å². The summed E-state index contributed by atoms with van der Waals surface area (Å²) in [6, 6.07) is 10.5. The molecule has 0 amide bonds. The molecule has 16 heavy (non-hydrogen) atoms. The molecule has 3 heterocycles. The number of halogens is 1. The zero-order valence-electron chi connectivity index (χ0n) is 9.13. The van der Waals surface area contributed by atoms with E-state index < -0.39 is 0 Å². The molecule has 3 unspecified atom stereocenters. The fourth-order valence-electron chi connectivity index (χ4n) is 2.92. The van der Waals surface area contributed by atoms with E-state index in [0.717, 1.165) is 19.5 Å². The molecule has 0 saturated carbocycles. The number of fused-ring (bicyclic) bond motifs is 3. The van der Waals surface area contributed by atoms with Gasteiger partial charge in [-0.2, -0.15) is 0 Å². The molecule has 3 heteroatoms. The van der Waals surface area contributed by atoms with Gasteiger partial charge in [0.15, 0.2) is 5.78 Å². The Bertz CT molecular complexity index is 379. The summed E-state index contributed by atoms with van der Waals surface area (Å²) in [6.45, 7) is 2.87. The summed E-state index contributed by atoms with van der Waals surface area (Å²) in [5.41, 5.74) is 1.33. The summed E-state index contributed by atoms with van der Waals surface area (Å²) >= 11 is 0. The molecule has 3 fully saturated rings. The van der Waals surface area contributed by atoms with Gasteiger partial charge in [0.25, 0.3) is 0 Å². The van der Waals surface area contributed by atoms with Crippen molar-refractivity contribution in [3.8, 4) is 0 Å². The lowest BCUT2D eigenvalue weighted by Gasteiger charge is -2.43. The molecule has 2 nitrogen and oxygen atoms in total. The number of hydrogen-bond donors (Lipinski definition) is 0. The topological polar surface area (TPSA) is 20.3 Å². The average molecular weight is 238 g/mol. The van der Waals surface area contributed by atoms with Crippen LogP contribution in [0.15, 0.2) is 30.3 Å². The van der Waals surface area contributed by atoms with Crippen molar-refractivity contribution in [3.05, 3.63) is 35.9 Å². The molecule has 3 aliphatic rings. The highest BCUT2D eigenvalue weighted by atomic mass is 35.5. The molecule has 3 aliphatic heterocycles. The first-order valence-corrected chi connectivity index (χ1v) is 5.64. The van der Waals surface area contributed by atoms with Gasteiger partial charge in [-0.1, -0.05) is 30.3 Å². The van der Waals surface area contributed by atoms with Crippen LogP contribution in [-0.2, 0) is 4.79 Å². The van der Waals surface area contributed by atoms with Gasteiger partial charge in [-0.05, 0) is 18.5 Å². The van der Waals surface area contributed by atoms with Crippen LogP contribution in [0.3, 0.4) is 0 Å². The molecule has 86 valence electrons. The third kappa shape index (κ3) is 1.87. The van der Waals surface area contributed by atoms with Crippen molar-refractivity contribution in [1.82, 2.24) is 4.90 Å². The highest BCUT2D eigenvalue weighted by molar-refractivity contribution is 5.86. The van der Waals surface area contributed by atoms with Crippen LogP contribution in [0.1, 0.15) is 17.9 Å². The smallest absolute Gasteiger partial charge is 0.150 e. The van der Waals surface area contributed by atoms with Crippen molar-refractivity contribution in [2.45, 2.75) is 12.3 Å². The van der Waals surface area contributed by atoms with Crippen molar-refractivity contribution in [3.63, 3.8) is 0 Å². The number of nitrogens with zero attached hydrogens (tertiary/aromatic N) is 1. The van der Waals surface area contributed by atoms with Crippen LogP contribution >= 0.6 is 12.4 Å². The van der Waals surface area contributed by atoms with Gasteiger partial charge in [0, 0.05) is 18.4 Å². The summed E-state index contributed by atoms with van der Waals surface area (Å²) in [6.07, 6.45) is 1.05. The van der Waals surface area contributed by atoms with Crippen molar-refractivity contribution in [1.29, 1.82) is 0 Å². The van der Waals surface area contributed by atoms with Crippen LogP contribution in [-0.4, -0.2) is 30.3 Å². The molecular weight excluding hydrogens is 222 g/mol. The van der Waals surface area contributed by atoms with Crippen molar-refractivity contribution in [2.24, 2.45) is 5.92 Å². The average Bonchev–Trinajstić information content (AvgIpc) is 2.30. The molecule has 0 aromatic heterocycles. The zero-order valence-corrected chi connectivity index (χ0v) is 9.95. The van der Waals surface area contributed by atoms with Crippen LogP contribution in [0.5, 0.6) is 0 Å². The lowest BCUT2D eigenvalue weighted by Crippen LogP contribution is -2.52. The first-order chi connectivity index (χ1) is 7.34. The third-order valence-corrected chi connectivity index (χ3v) is 3.72. The van der Waals surface area contributed by atoms with Crippen LogP contribution in [0.2, 0.25) is 0 Å². The number of rotatable bonds is 1. The van der Waals surface area contributed by atoms with Crippen LogP contribution in [0.4, 0.5) is 0 Å². The maximum absolute atomic E-state index is 11.8. The standard InChI is InChI=1S/C13H15NO.ClH/c15-13-9-14-7-6-11(13)12(8-14)10-4-2-1-3-5-10;/h1-5,11-12H,6-9H2;1H. The molecule has 1 aromatic carbocycles. The Morgan fingerprint density at radius 2 is 1.88 bits per heavy atom. The highest BCUT2D eigenvalue weighted by Crippen LogP contribution is 2.36. The van der Waals surface area contributed by atoms with Crippen LogP contribution in [0, 0.1) is 5.92 Å². The summed E-state index contributed by atoms with van der Waals surface area (Å²) in [7, 11) is 0. The highest BCUT2D eigenvalue weighted by Gasteiger charge is 2.40. The van der Waals surface area contributed by atoms with Gasteiger partial charge in [0.2, 0.25) is 0 Å². The fourth-order valence-corrected chi connectivity index (χ4v) is 2.92. The van der Waals surface area contributed by atoms with Gasteiger partial charge in [0.1, 0.15) is 0 Å². The van der Waals surface area contributed by atoms with Gasteiger partial charge >= 0.3 is 0 Å². The molecule has 0 aliphatic carbocycles. The molecule has 2 bridgehead atoms. The largest absolute Gasteiger partial charge is 0.298 e. The molecule has 0 N–H and O–H groups in total. The second-order valence-corrected chi connectivity index (χ2v) is 4.61. The zero-order chi connectivity index (χ0) is 10.3. The normalized spacial score (nSPS) is 32.2. The Kier molecular flexibility index (Phi) is 3.31. The lowest BCUT2D eigenvalue weighted by atomic mass is 9.75. The van der Waals surface area contributed by atoms with E-state index in [4.69, 9.17) is 0 Å². The Morgan fingerprint density at radius 1 is 1.12 bits per heavy atom. The molecule has 4 rings (SSSR count). The molecule has 3 saturated heterocycles. The minimum absolute atomic E-state index is 0. The van der Waals surface area contributed by atoms with Gasteiger partial charge in [0.05, 0.1) is 6.54 Å².